The van der Waals surface area contributed by atoms with Crippen LogP contribution in [0.3, 0.4) is 0 Å². The lowest BCUT2D eigenvalue weighted by Gasteiger charge is -2.26. The average molecular weight is 434 g/mol. The molecule has 3 N–H and O–H groups in total. The van der Waals surface area contributed by atoms with Crippen LogP contribution in [0.1, 0.15) is 16.8 Å². The van der Waals surface area contributed by atoms with E-state index in [2.05, 4.69) is 15.2 Å². The minimum absolute atomic E-state index is 0.0403. The molecule has 3 heterocycles. The molecule has 3 aromatic rings. The highest BCUT2D eigenvalue weighted by Crippen LogP contribution is 2.36. The number of fused-ring (bicyclic) bond motifs is 2. The van der Waals surface area contributed by atoms with Crippen molar-refractivity contribution >= 4 is 34.1 Å². The number of hydrogen-bond donors (Lipinski definition) is 3. The van der Waals surface area contributed by atoms with Gasteiger partial charge >= 0.3 is 0 Å². The zero-order valence-corrected chi connectivity index (χ0v) is 17.9. The number of amides is 1. The minimum atomic E-state index is -0.129. The summed E-state index contributed by atoms with van der Waals surface area (Å²) in [4.78, 5) is 18.3. The van der Waals surface area contributed by atoms with Crippen LogP contribution in [0.15, 0.2) is 42.5 Å². The van der Waals surface area contributed by atoms with Crippen LogP contribution in [0.2, 0.25) is 0 Å². The predicted molar refractivity (Wildman–Crippen MR) is 125 cm³/mol. The van der Waals surface area contributed by atoms with Crippen LogP contribution in [0.4, 0.5) is 5.69 Å². The summed E-state index contributed by atoms with van der Waals surface area (Å²) in [6.07, 6.45) is 2.38. The third-order valence-electron chi connectivity index (χ3n) is 5.99. The van der Waals surface area contributed by atoms with Gasteiger partial charge < -0.3 is 24.9 Å². The number of nitrogens with one attached hydrogen (secondary N) is 2. The molecule has 166 valence electrons. The third-order valence-corrected chi connectivity index (χ3v) is 5.99. The molecule has 1 amide bonds. The molecule has 7 nitrogen and oxygen atoms in total. The summed E-state index contributed by atoms with van der Waals surface area (Å²) in [5.41, 5.74) is 5.07. The zero-order valence-electron chi connectivity index (χ0n) is 17.9. The number of nitrogens with zero attached hydrogens (tertiary/aromatic N) is 1. The van der Waals surface area contributed by atoms with Gasteiger partial charge in [-0.25, -0.2) is 0 Å². The maximum Gasteiger partial charge on any atom is 0.256 e. The number of rotatable bonds is 7. The number of morpholine rings is 1. The third kappa shape index (κ3) is 4.27. The fourth-order valence-electron chi connectivity index (χ4n) is 4.37. The van der Waals surface area contributed by atoms with Crippen molar-refractivity contribution in [2.24, 2.45) is 0 Å². The Hall–Kier alpha value is -3.13. The van der Waals surface area contributed by atoms with Crippen LogP contribution in [-0.2, 0) is 16.0 Å². The monoisotopic (exact) mass is 433 g/mol. The number of carbonyl (C=O) groups excluding carboxylic acids is 1. The SMILES string of the molecule is O=C1Nc2cccc(CCO)c2C1=Cc1cc2cc(OCCN3CCOCC3)ccc2[nH]1. The number of aromatic amines is 1. The Morgan fingerprint density at radius 2 is 2.03 bits per heavy atom. The Balaban J connectivity index is 1.35. The predicted octanol–water partition coefficient (Wildman–Crippen LogP) is 2.91. The second kappa shape index (κ2) is 9.16. The molecule has 0 radical (unpaired) electrons. The van der Waals surface area contributed by atoms with Crippen molar-refractivity contribution in [3.8, 4) is 5.75 Å². The van der Waals surface area contributed by atoms with Crippen LogP contribution in [-0.4, -0.2) is 67.0 Å². The summed E-state index contributed by atoms with van der Waals surface area (Å²) in [5.74, 6) is 0.703. The number of aliphatic hydroxyl groups excluding tert-OH is 1. The van der Waals surface area contributed by atoms with E-state index in [-0.39, 0.29) is 12.5 Å². The summed E-state index contributed by atoms with van der Waals surface area (Å²) >= 11 is 0. The van der Waals surface area contributed by atoms with Crippen LogP contribution < -0.4 is 10.1 Å². The molecular formula is C25H27N3O4. The van der Waals surface area contributed by atoms with Crippen molar-refractivity contribution in [1.82, 2.24) is 9.88 Å². The van der Waals surface area contributed by atoms with E-state index in [9.17, 15) is 9.90 Å². The second-order valence-corrected chi connectivity index (χ2v) is 8.10. The molecule has 2 aliphatic heterocycles. The number of aromatic nitrogens is 1. The molecule has 0 atom stereocenters. The highest BCUT2D eigenvalue weighted by molar-refractivity contribution is 6.35. The Kier molecular flexibility index (Phi) is 5.94. The summed E-state index contributed by atoms with van der Waals surface area (Å²) < 4.78 is 11.3. The quantitative estimate of drug-likeness (QED) is 0.499. The molecule has 7 heteroatoms. The molecule has 0 aliphatic carbocycles. The van der Waals surface area contributed by atoms with Crippen molar-refractivity contribution < 1.29 is 19.4 Å². The van der Waals surface area contributed by atoms with Gasteiger partial charge in [0, 0.05) is 54.1 Å². The lowest BCUT2D eigenvalue weighted by molar-refractivity contribution is -0.110. The smallest absolute Gasteiger partial charge is 0.256 e. The largest absolute Gasteiger partial charge is 0.492 e. The van der Waals surface area contributed by atoms with Crippen molar-refractivity contribution in [3.05, 3.63) is 59.3 Å². The van der Waals surface area contributed by atoms with Crippen LogP contribution in [0.5, 0.6) is 5.75 Å². The highest BCUT2D eigenvalue weighted by atomic mass is 16.5. The summed E-state index contributed by atoms with van der Waals surface area (Å²) in [7, 11) is 0. The molecule has 0 spiro atoms. The number of carbonyl (C=O) groups is 1. The maximum absolute atomic E-state index is 12.6. The van der Waals surface area contributed by atoms with Gasteiger partial charge in [-0.05, 0) is 48.4 Å². The van der Waals surface area contributed by atoms with Gasteiger partial charge in [0.15, 0.2) is 0 Å². The molecule has 2 aromatic carbocycles. The second-order valence-electron chi connectivity index (χ2n) is 8.10. The van der Waals surface area contributed by atoms with Crippen LogP contribution in [0.25, 0.3) is 22.6 Å². The van der Waals surface area contributed by atoms with Crippen molar-refractivity contribution in [2.75, 3.05) is 51.4 Å². The molecule has 0 bridgehead atoms. The number of aliphatic hydroxyl groups is 1. The van der Waals surface area contributed by atoms with Gasteiger partial charge in [-0.2, -0.15) is 0 Å². The summed E-state index contributed by atoms with van der Waals surface area (Å²) in [6.45, 7) is 5.05. The molecule has 0 saturated carbocycles. The molecule has 32 heavy (non-hydrogen) atoms. The van der Waals surface area contributed by atoms with Crippen molar-refractivity contribution in [2.45, 2.75) is 6.42 Å². The zero-order chi connectivity index (χ0) is 21.9. The molecule has 1 fully saturated rings. The molecule has 1 aromatic heterocycles. The van der Waals surface area contributed by atoms with Crippen LogP contribution >= 0.6 is 0 Å². The van der Waals surface area contributed by atoms with E-state index < -0.39 is 0 Å². The molecule has 1 saturated heterocycles. The number of hydrogen-bond acceptors (Lipinski definition) is 5. The first-order valence-corrected chi connectivity index (χ1v) is 11.0. The standard InChI is InChI=1S/C25H27N3O4/c29-10-6-17-2-1-3-23-24(17)21(25(30)27-23)16-19-14-18-15-20(4-5-22(18)26-19)32-13-9-28-7-11-31-12-8-28/h1-5,14-16,26,29H,6-13H2,(H,27,30). The number of benzene rings is 2. The number of ether oxygens (including phenoxy) is 2. The summed E-state index contributed by atoms with van der Waals surface area (Å²) in [5, 5.41) is 13.4. The molecule has 0 unspecified atom stereocenters. The topological polar surface area (TPSA) is 86.8 Å². The fourth-order valence-corrected chi connectivity index (χ4v) is 4.37. The highest BCUT2D eigenvalue weighted by Gasteiger charge is 2.26. The summed E-state index contributed by atoms with van der Waals surface area (Å²) in [6, 6.07) is 13.8. The van der Waals surface area contributed by atoms with Gasteiger partial charge in [-0.15, -0.1) is 0 Å². The Morgan fingerprint density at radius 1 is 1.16 bits per heavy atom. The van der Waals surface area contributed by atoms with Gasteiger partial charge in [-0.1, -0.05) is 12.1 Å². The maximum atomic E-state index is 12.6. The van der Waals surface area contributed by atoms with E-state index in [1.54, 1.807) is 0 Å². The first-order chi connectivity index (χ1) is 15.7. The van der Waals surface area contributed by atoms with Gasteiger partial charge in [0.1, 0.15) is 12.4 Å². The normalized spacial score (nSPS) is 17.7. The fraction of sp³-hybridized carbons (Fsp3) is 0.320. The number of anilines is 1. The van der Waals surface area contributed by atoms with E-state index >= 15 is 0 Å². The van der Waals surface area contributed by atoms with Gasteiger partial charge in [0.2, 0.25) is 0 Å². The van der Waals surface area contributed by atoms with E-state index in [1.807, 2.05) is 48.5 Å². The molecular weight excluding hydrogens is 406 g/mol. The minimum Gasteiger partial charge on any atom is -0.492 e. The lowest BCUT2D eigenvalue weighted by Crippen LogP contribution is -2.38. The Bertz CT molecular complexity index is 1160. The van der Waals surface area contributed by atoms with E-state index in [0.717, 1.165) is 72.0 Å². The van der Waals surface area contributed by atoms with Gasteiger partial charge in [0.25, 0.3) is 5.91 Å². The van der Waals surface area contributed by atoms with Crippen LogP contribution in [0, 0.1) is 0 Å². The van der Waals surface area contributed by atoms with E-state index in [4.69, 9.17) is 9.47 Å². The first kappa shape index (κ1) is 20.8. The van der Waals surface area contributed by atoms with E-state index in [0.29, 0.717) is 18.6 Å². The van der Waals surface area contributed by atoms with E-state index in [1.165, 1.54) is 0 Å². The van der Waals surface area contributed by atoms with Crippen molar-refractivity contribution in [1.29, 1.82) is 0 Å². The van der Waals surface area contributed by atoms with Crippen molar-refractivity contribution in [3.63, 3.8) is 0 Å². The molecule has 2 aliphatic rings. The molecule has 5 rings (SSSR count). The number of H-pyrrole nitrogens is 1. The Labute approximate surface area is 186 Å². The van der Waals surface area contributed by atoms with Gasteiger partial charge in [-0.3, -0.25) is 9.69 Å². The lowest BCUT2D eigenvalue weighted by atomic mass is 9.98. The average Bonchev–Trinajstić information content (AvgIpc) is 3.35. The first-order valence-electron chi connectivity index (χ1n) is 11.0. The van der Waals surface area contributed by atoms with Gasteiger partial charge in [0.05, 0.1) is 18.8 Å². The Morgan fingerprint density at radius 3 is 2.88 bits per heavy atom.